The van der Waals surface area contributed by atoms with Gasteiger partial charge in [0.15, 0.2) is 0 Å². The van der Waals surface area contributed by atoms with E-state index in [2.05, 4.69) is 10.4 Å². The van der Waals surface area contributed by atoms with Crippen LogP contribution in [0.5, 0.6) is 0 Å². The normalized spacial score (nSPS) is 18.8. The van der Waals surface area contributed by atoms with Gasteiger partial charge in [-0.25, -0.2) is 0 Å². The van der Waals surface area contributed by atoms with Crippen LogP contribution in [0.25, 0.3) is 0 Å². The Morgan fingerprint density at radius 1 is 1.50 bits per heavy atom. The highest BCUT2D eigenvalue weighted by Gasteiger charge is 2.58. The van der Waals surface area contributed by atoms with Crippen molar-refractivity contribution >= 4 is 5.91 Å². The molecule has 1 aromatic rings. The summed E-state index contributed by atoms with van der Waals surface area (Å²) in [5, 5.41) is 16.1. The summed E-state index contributed by atoms with van der Waals surface area (Å²) in [7, 11) is 1.66. The zero-order valence-electron chi connectivity index (χ0n) is 11.4. The number of carbonyl (C=O) groups is 1. The Labute approximate surface area is 116 Å². The summed E-state index contributed by atoms with van der Waals surface area (Å²) in [5.41, 5.74) is -1.60. The lowest BCUT2D eigenvalue weighted by Crippen LogP contribution is -2.57. The number of nitrogens with one attached hydrogen (secondary N) is 1. The van der Waals surface area contributed by atoms with E-state index in [-0.39, 0.29) is 19.4 Å². The molecule has 2 rings (SSSR count). The lowest BCUT2D eigenvalue weighted by atomic mass is 9.79. The first-order valence-corrected chi connectivity index (χ1v) is 6.72. The number of amides is 1. The molecule has 0 aromatic carbocycles. The molecule has 7 heteroatoms. The average Bonchev–Trinajstić information content (AvgIpc) is 2.82. The average molecular weight is 287 g/mol. The first-order chi connectivity index (χ1) is 9.37. The number of aromatic nitrogens is 2. The smallest absolute Gasteiger partial charge is 0.352 e. The summed E-state index contributed by atoms with van der Waals surface area (Å²) in [4.78, 5) is 11.7. The Hall–Kier alpha value is -1.50. The second-order valence-corrected chi connectivity index (χ2v) is 5.30. The van der Waals surface area contributed by atoms with E-state index in [1.165, 1.54) is 10.9 Å². The minimum atomic E-state index is -3.77. The second-order valence-electron chi connectivity index (χ2n) is 5.30. The molecule has 1 aliphatic rings. The Kier molecular flexibility index (Phi) is 4.08. The number of aliphatic hydroxyl groups is 1. The molecule has 0 radical (unpaired) electrons. The van der Waals surface area contributed by atoms with Crippen LogP contribution < -0.4 is 5.32 Å². The zero-order valence-corrected chi connectivity index (χ0v) is 11.4. The van der Waals surface area contributed by atoms with E-state index in [4.69, 9.17) is 0 Å². The van der Waals surface area contributed by atoms with Crippen LogP contribution >= 0.6 is 0 Å². The molecule has 5 nitrogen and oxygen atoms in total. The Morgan fingerprint density at radius 2 is 2.15 bits per heavy atom. The summed E-state index contributed by atoms with van der Waals surface area (Å²) in [6, 6.07) is 1.63. The van der Waals surface area contributed by atoms with Gasteiger partial charge in [-0.1, -0.05) is 19.3 Å². The SMILES string of the molecule is Cn1nccc1CNC(=O)C(F)(F)C1(O)CCCCC1. The molecule has 0 saturated heterocycles. The zero-order chi connectivity index (χ0) is 14.8. The van der Waals surface area contributed by atoms with Crippen LogP contribution in [0, 0.1) is 0 Å². The van der Waals surface area contributed by atoms with Crippen LogP contribution in [0.15, 0.2) is 12.3 Å². The summed E-state index contributed by atoms with van der Waals surface area (Å²) in [6.07, 6.45) is 3.28. The highest BCUT2D eigenvalue weighted by atomic mass is 19.3. The highest BCUT2D eigenvalue weighted by Crippen LogP contribution is 2.40. The molecule has 2 N–H and O–H groups in total. The van der Waals surface area contributed by atoms with Gasteiger partial charge in [-0.3, -0.25) is 9.48 Å². The molecule has 1 aliphatic carbocycles. The van der Waals surface area contributed by atoms with E-state index in [0.29, 0.717) is 18.5 Å². The molecule has 0 spiro atoms. The molecule has 0 atom stereocenters. The molecular weight excluding hydrogens is 268 g/mol. The van der Waals surface area contributed by atoms with Gasteiger partial charge in [-0.05, 0) is 18.9 Å². The fourth-order valence-corrected chi connectivity index (χ4v) is 2.52. The Morgan fingerprint density at radius 3 is 2.70 bits per heavy atom. The van der Waals surface area contributed by atoms with E-state index in [1.807, 2.05) is 0 Å². The summed E-state index contributed by atoms with van der Waals surface area (Å²) in [6.45, 7) is -0.0407. The van der Waals surface area contributed by atoms with Gasteiger partial charge in [0.05, 0.1) is 12.2 Å². The van der Waals surface area contributed by atoms with Gasteiger partial charge < -0.3 is 10.4 Å². The number of nitrogens with zero attached hydrogens (tertiary/aromatic N) is 2. The van der Waals surface area contributed by atoms with Crippen LogP contribution in [0.3, 0.4) is 0 Å². The van der Waals surface area contributed by atoms with Gasteiger partial charge in [0.2, 0.25) is 0 Å². The van der Waals surface area contributed by atoms with Crippen LogP contribution in [-0.4, -0.2) is 32.3 Å². The maximum absolute atomic E-state index is 14.1. The van der Waals surface area contributed by atoms with Crippen molar-refractivity contribution in [3.05, 3.63) is 18.0 Å². The van der Waals surface area contributed by atoms with E-state index in [1.54, 1.807) is 13.1 Å². The molecule has 0 unspecified atom stereocenters. The number of hydrogen-bond donors (Lipinski definition) is 2. The maximum atomic E-state index is 14.1. The molecule has 1 fully saturated rings. The van der Waals surface area contributed by atoms with Crippen molar-refractivity contribution in [3.8, 4) is 0 Å². The van der Waals surface area contributed by atoms with Gasteiger partial charge >= 0.3 is 5.92 Å². The molecule has 1 amide bonds. The monoisotopic (exact) mass is 287 g/mol. The topological polar surface area (TPSA) is 67.2 Å². The standard InChI is InChI=1S/C13H19F2N3O2/c1-18-10(5-8-17-18)9-16-11(19)13(14,15)12(20)6-3-2-4-7-12/h5,8,20H,2-4,6-7,9H2,1H3,(H,16,19). The van der Waals surface area contributed by atoms with Crippen molar-refractivity contribution in [1.29, 1.82) is 0 Å². The maximum Gasteiger partial charge on any atom is 0.352 e. The predicted molar refractivity (Wildman–Crippen MR) is 68.0 cm³/mol. The minimum absolute atomic E-state index is 0.0407. The fourth-order valence-electron chi connectivity index (χ4n) is 2.52. The van der Waals surface area contributed by atoms with Crippen molar-refractivity contribution in [2.45, 2.75) is 50.2 Å². The lowest BCUT2D eigenvalue weighted by molar-refractivity contribution is -0.201. The van der Waals surface area contributed by atoms with Crippen molar-refractivity contribution < 1.29 is 18.7 Å². The molecule has 112 valence electrons. The van der Waals surface area contributed by atoms with Gasteiger partial charge in [0, 0.05) is 13.2 Å². The van der Waals surface area contributed by atoms with Crippen molar-refractivity contribution in [2.24, 2.45) is 7.05 Å². The van der Waals surface area contributed by atoms with E-state index >= 15 is 0 Å². The van der Waals surface area contributed by atoms with E-state index in [0.717, 1.165) is 6.42 Å². The fraction of sp³-hybridized carbons (Fsp3) is 0.692. The van der Waals surface area contributed by atoms with Crippen molar-refractivity contribution in [2.75, 3.05) is 0 Å². The first-order valence-electron chi connectivity index (χ1n) is 6.72. The third-order valence-corrected chi connectivity index (χ3v) is 3.90. The second kappa shape index (κ2) is 5.47. The molecule has 1 aromatic heterocycles. The summed E-state index contributed by atoms with van der Waals surface area (Å²) < 4.78 is 29.8. The van der Waals surface area contributed by atoms with E-state index < -0.39 is 17.4 Å². The van der Waals surface area contributed by atoms with E-state index in [9.17, 15) is 18.7 Å². The van der Waals surface area contributed by atoms with Crippen LogP contribution in [0.1, 0.15) is 37.8 Å². The Balaban J connectivity index is 2.01. The number of carbonyl (C=O) groups excluding carboxylic acids is 1. The number of alkyl halides is 2. The van der Waals surface area contributed by atoms with Gasteiger partial charge in [0.25, 0.3) is 5.91 Å². The lowest BCUT2D eigenvalue weighted by Gasteiger charge is -2.37. The Bertz CT molecular complexity index is 482. The number of halogens is 2. The molecule has 0 aliphatic heterocycles. The minimum Gasteiger partial charge on any atom is -0.383 e. The predicted octanol–water partition coefficient (Wildman–Crippen LogP) is 1.37. The summed E-state index contributed by atoms with van der Waals surface area (Å²) in [5.74, 6) is -5.20. The first kappa shape index (κ1) is 14.9. The third kappa shape index (κ3) is 2.67. The van der Waals surface area contributed by atoms with Crippen molar-refractivity contribution in [3.63, 3.8) is 0 Å². The van der Waals surface area contributed by atoms with Crippen LogP contribution in [0.2, 0.25) is 0 Å². The quantitative estimate of drug-likeness (QED) is 0.879. The number of hydrogen-bond acceptors (Lipinski definition) is 3. The molecule has 0 bridgehead atoms. The van der Waals surface area contributed by atoms with Crippen molar-refractivity contribution in [1.82, 2.24) is 15.1 Å². The number of aryl methyl sites for hydroxylation is 1. The molecule has 1 heterocycles. The van der Waals surface area contributed by atoms with Crippen LogP contribution in [-0.2, 0) is 18.4 Å². The third-order valence-electron chi connectivity index (χ3n) is 3.90. The number of rotatable bonds is 4. The summed E-state index contributed by atoms with van der Waals surface area (Å²) >= 11 is 0. The van der Waals surface area contributed by atoms with Crippen LogP contribution in [0.4, 0.5) is 8.78 Å². The molecule has 20 heavy (non-hydrogen) atoms. The van der Waals surface area contributed by atoms with Gasteiger partial charge in [0.1, 0.15) is 5.60 Å². The molecule has 1 saturated carbocycles. The van der Waals surface area contributed by atoms with Gasteiger partial charge in [-0.15, -0.1) is 0 Å². The molecular formula is C13H19F2N3O2. The largest absolute Gasteiger partial charge is 0.383 e. The highest BCUT2D eigenvalue weighted by molar-refractivity contribution is 5.84. The van der Waals surface area contributed by atoms with Gasteiger partial charge in [-0.2, -0.15) is 13.9 Å².